The number of rotatable bonds is 3. The number of ether oxygens (including phenoxy) is 2. The Kier molecular flexibility index (Phi) is 4.00. The molecule has 0 radical (unpaired) electrons. The van der Waals surface area contributed by atoms with Crippen LogP contribution in [-0.2, 0) is 14.3 Å². The molecule has 7 nitrogen and oxygen atoms in total. The van der Waals surface area contributed by atoms with Crippen LogP contribution in [0.15, 0.2) is 30.3 Å². The van der Waals surface area contributed by atoms with Crippen molar-refractivity contribution < 1.29 is 24.2 Å². The van der Waals surface area contributed by atoms with E-state index < -0.39 is 36.4 Å². The number of amides is 2. The molecular weight excluding hydrogens is 288 g/mol. The van der Waals surface area contributed by atoms with Crippen molar-refractivity contribution in [2.75, 3.05) is 13.2 Å². The van der Waals surface area contributed by atoms with Gasteiger partial charge in [-0.3, -0.25) is 4.79 Å². The Hall–Kier alpha value is -2.12. The largest absolute Gasteiger partial charge is 0.450 e. The summed E-state index contributed by atoms with van der Waals surface area (Å²) in [6, 6.07) is 8.17. The average Bonchev–Trinajstić information content (AvgIpc) is 3.05. The van der Waals surface area contributed by atoms with Crippen molar-refractivity contribution in [3.8, 4) is 0 Å². The summed E-state index contributed by atoms with van der Waals surface area (Å²) in [6.45, 7) is 2.16. The monoisotopic (exact) mass is 306 g/mol. The van der Waals surface area contributed by atoms with E-state index in [9.17, 15) is 14.7 Å². The van der Waals surface area contributed by atoms with Crippen LogP contribution in [0.4, 0.5) is 4.79 Å². The van der Waals surface area contributed by atoms with Crippen molar-refractivity contribution in [2.45, 2.75) is 31.3 Å². The topological polar surface area (TPSA) is 88.1 Å². The van der Waals surface area contributed by atoms with Gasteiger partial charge >= 0.3 is 6.09 Å². The van der Waals surface area contributed by atoms with Gasteiger partial charge in [-0.2, -0.15) is 0 Å². The maximum atomic E-state index is 12.3. The Morgan fingerprint density at radius 1 is 1.45 bits per heavy atom. The molecule has 22 heavy (non-hydrogen) atoms. The maximum absolute atomic E-state index is 12.3. The first kappa shape index (κ1) is 14.8. The van der Waals surface area contributed by atoms with Crippen molar-refractivity contribution in [2.24, 2.45) is 0 Å². The zero-order chi connectivity index (χ0) is 15.7. The highest BCUT2D eigenvalue weighted by atomic mass is 16.5. The van der Waals surface area contributed by atoms with Crippen molar-refractivity contribution >= 4 is 12.0 Å². The van der Waals surface area contributed by atoms with E-state index in [0.29, 0.717) is 0 Å². The van der Waals surface area contributed by atoms with Crippen LogP contribution in [0.5, 0.6) is 0 Å². The van der Waals surface area contributed by atoms with Crippen LogP contribution in [0, 0.1) is 0 Å². The molecule has 2 heterocycles. The summed E-state index contributed by atoms with van der Waals surface area (Å²) in [5.74, 6) is -0.446. The summed E-state index contributed by atoms with van der Waals surface area (Å²) in [5.41, 5.74) is 0.835. The minimum Gasteiger partial charge on any atom is -0.450 e. The van der Waals surface area contributed by atoms with Crippen LogP contribution in [-0.4, -0.2) is 53.4 Å². The van der Waals surface area contributed by atoms with Gasteiger partial charge in [0.2, 0.25) is 0 Å². The number of nitrogens with one attached hydrogen (secondary N) is 1. The Bertz CT molecular complexity index is 564. The van der Waals surface area contributed by atoms with Crippen molar-refractivity contribution in [3.05, 3.63) is 35.9 Å². The number of aliphatic hydroxyl groups excluding tert-OH is 1. The second kappa shape index (κ2) is 5.94. The van der Waals surface area contributed by atoms with E-state index >= 15 is 0 Å². The van der Waals surface area contributed by atoms with Crippen molar-refractivity contribution in [1.29, 1.82) is 0 Å². The third kappa shape index (κ3) is 2.42. The molecule has 2 fully saturated rings. The molecular formula is C15H18N2O5. The summed E-state index contributed by atoms with van der Waals surface area (Å²) in [6.07, 6.45) is -2.48. The van der Waals surface area contributed by atoms with E-state index in [1.54, 1.807) is 6.92 Å². The van der Waals surface area contributed by atoms with E-state index in [4.69, 9.17) is 9.47 Å². The van der Waals surface area contributed by atoms with Gasteiger partial charge in [0, 0.05) is 5.56 Å². The van der Waals surface area contributed by atoms with E-state index in [1.165, 1.54) is 4.90 Å². The van der Waals surface area contributed by atoms with Crippen LogP contribution < -0.4 is 5.32 Å². The molecule has 3 rings (SSSR count). The summed E-state index contributed by atoms with van der Waals surface area (Å²) in [7, 11) is 0. The van der Waals surface area contributed by atoms with Gasteiger partial charge in [0.25, 0.3) is 5.91 Å². The molecule has 4 atom stereocenters. The van der Waals surface area contributed by atoms with Gasteiger partial charge in [-0.1, -0.05) is 30.3 Å². The lowest BCUT2D eigenvalue weighted by molar-refractivity contribution is -0.141. The number of aliphatic hydroxyl groups is 1. The highest BCUT2D eigenvalue weighted by Crippen LogP contribution is 2.37. The van der Waals surface area contributed by atoms with E-state index in [2.05, 4.69) is 5.32 Å². The number of hydrogen-bond donors (Lipinski definition) is 2. The Morgan fingerprint density at radius 2 is 2.18 bits per heavy atom. The van der Waals surface area contributed by atoms with Gasteiger partial charge < -0.3 is 24.8 Å². The van der Waals surface area contributed by atoms with Gasteiger partial charge in [0.15, 0.2) is 12.3 Å². The molecule has 0 aliphatic carbocycles. The number of carbonyl (C=O) groups excluding carboxylic acids is 2. The van der Waals surface area contributed by atoms with Crippen LogP contribution >= 0.6 is 0 Å². The number of fused-ring (bicyclic) bond motifs is 1. The van der Waals surface area contributed by atoms with Gasteiger partial charge in [0.05, 0.1) is 25.3 Å². The minimum absolute atomic E-state index is 0.222. The molecule has 1 aromatic carbocycles. The molecule has 118 valence electrons. The van der Waals surface area contributed by atoms with Crippen molar-refractivity contribution in [1.82, 2.24) is 10.2 Å². The predicted molar refractivity (Wildman–Crippen MR) is 75.7 cm³/mol. The third-order valence-corrected chi connectivity index (χ3v) is 3.94. The van der Waals surface area contributed by atoms with E-state index in [0.717, 1.165) is 5.56 Å². The summed E-state index contributed by atoms with van der Waals surface area (Å²) in [4.78, 5) is 25.4. The number of alkyl carbamates (subject to hydrolysis) is 1. The number of benzene rings is 1. The second-order valence-electron chi connectivity index (χ2n) is 5.24. The van der Waals surface area contributed by atoms with Gasteiger partial charge in [0.1, 0.15) is 0 Å². The lowest BCUT2D eigenvalue weighted by Gasteiger charge is -2.23. The standard InChI is InChI=1S/C15H18N2O5/c1-2-21-15(20)16-11-10-8-22-14(9-6-4-3-5-7-9)17(10)13(19)12(11)18/h3-7,10-12,14,18H,2,8H2,1H3,(H,16,20)/t10-,11-,12-,14-/m0/s1. The molecule has 2 aliphatic heterocycles. The molecule has 0 saturated carbocycles. The first-order valence-electron chi connectivity index (χ1n) is 7.23. The first-order valence-corrected chi connectivity index (χ1v) is 7.23. The zero-order valence-corrected chi connectivity index (χ0v) is 12.1. The van der Waals surface area contributed by atoms with Gasteiger partial charge in [-0.25, -0.2) is 4.79 Å². The van der Waals surface area contributed by atoms with E-state index in [1.807, 2.05) is 30.3 Å². The molecule has 7 heteroatoms. The molecule has 2 amide bonds. The van der Waals surface area contributed by atoms with Gasteiger partial charge in [-0.05, 0) is 6.92 Å². The summed E-state index contributed by atoms with van der Waals surface area (Å²) >= 11 is 0. The smallest absolute Gasteiger partial charge is 0.407 e. The highest BCUT2D eigenvalue weighted by Gasteiger charge is 2.54. The highest BCUT2D eigenvalue weighted by molar-refractivity contribution is 5.86. The SMILES string of the molecule is CCOC(=O)N[C@@H]1[C@H](O)C(=O)N2[C@H](c3ccccc3)OC[C@@H]12. The Morgan fingerprint density at radius 3 is 2.86 bits per heavy atom. The lowest BCUT2D eigenvalue weighted by Crippen LogP contribution is -2.48. The average molecular weight is 306 g/mol. The van der Waals surface area contributed by atoms with Crippen LogP contribution in [0.3, 0.4) is 0 Å². The molecule has 0 aromatic heterocycles. The molecule has 1 aromatic rings. The lowest BCUT2D eigenvalue weighted by atomic mass is 10.1. The van der Waals surface area contributed by atoms with Gasteiger partial charge in [-0.15, -0.1) is 0 Å². The number of carbonyl (C=O) groups is 2. The van der Waals surface area contributed by atoms with Crippen LogP contribution in [0.2, 0.25) is 0 Å². The molecule has 0 unspecified atom stereocenters. The second-order valence-corrected chi connectivity index (χ2v) is 5.24. The fourth-order valence-corrected chi connectivity index (χ4v) is 2.96. The first-order chi connectivity index (χ1) is 10.6. The normalized spacial score (nSPS) is 30.3. The number of hydrogen-bond acceptors (Lipinski definition) is 5. The van der Waals surface area contributed by atoms with Crippen LogP contribution in [0.1, 0.15) is 18.7 Å². The molecule has 2 N–H and O–H groups in total. The molecule has 2 saturated heterocycles. The fraction of sp³-hybridized carbons (Fsp3) is 0.467. The Balaban J connectivity index is 1.80. The summed E-state index contributed by atoms with van der Waals surface area (Å²) < 4.78 is 10.5. The minimum atomic E-state index is -1.29. The fourth-order valence-electron chi connectivity index (χ4n) is 2.96. The van der Waals surface area contributed by atoms with Crippen molar-refractivity contribution in [3.63, 3.8) is 0 Å². The molecule has 2 aliphatic rings. The maximum Gasteiger partial charge on any atom is 0.407 e. The quantitative estimate of drug-likeness (QED) is 0.844. The van der Waals surface area contributed by atoms with E-state index in [-0.39, 0.29) is 13.2 Å². The number of nitrogens with zero attached hydrogens (tertiary/aromatic N) is 1. The Labute approximate surface area is 127 Å². The predicted octanol–water partition coefficient (Wildman–Crippen LogP) is 0.402. The summed E-state index contributed by atoms with van der Waals surface area (Å²) in [5, 5.41) is 12.7. The van der Waals surface area contributed by atoms with Crippen LogP contribution in [0.25, 0.3) is 0 Å². The zero-order valence-electron chi connectivity index (χ0n) is 12.1. The third-order valence-electron chi connectivity index (χ3n) is 3.94. The molecule has 0 bridgehead atoms. The molecule has 0 spiro atoms.